The molecule has 7 nitrogen and oxygen atoms in total. The van der Waals surface area contributed by atoms with Gasteiger partial charge >= 0.3 is 0 Å². The number of nitrogens with zero attached hydrogens (tertiary/aromatic N) is 6. The fourth-order valence-corrected chi connectivity index (χ4v) is 1.93. The van der Waals surface area contributed by atoms with E-state index in [1.165, 1.54) is 0 Å². The molecule has 0 fully saturated rings. The molecule has 3 heterocycles. The Labute approximate surface area is 116 Å². The minimum Gasteiger partial charge on any atom is -0.370 e. The van der Waals surface area contributed by atoms with Crippen LogP contribution in [0.25, 0.3) is 11.2 Å². The van der Waals surface area contributed by atoms with Crippen LogP contribution in [0, 0.1) is 0 Å². The zero-order valence-electron chi connectivity index (χ0n) is 11.0. The Morgan fingerprint density at radius 2 is 1.85 bits per heavy atom. The van der Waals surface area contributed by atoms with Crippen molar-refractivity contribution in [2.75, 3.05) is 11.9 Å². The molecule has 3 aromatic heterocycles. The first kappa shape index (κ1) is 12.5. The third-order valence-corrected chi connectivity index (χ3v) is 2.95. The Morgan fingerprint density at radius 1 is 1.00 bits per heavy atom. The van der Waals surface area contributed by atoms with E-state index in [1.54, 1.807) is 25.0 Å². The summed E-state index contributed by atoms with van der Waals surface area (Å²) >= 11 is 0. The summed E-state index contributed by atoms with van der Waals surface area (Å²) in [5.41, 5.74) is 1.48. The Hall–Kier alpha value is -2.57. The molecule has 0 radical (unpaired) electrons. The van der Waals surface area contributed by atoms with Gasteiger partial charge in [-0.15, -0.1) is 10.2 Å². The van der Waals surface area contributed by atoms with Crippen molar-refractivity contribution in [1.29, 1.82) is 0 Å². The molecule has 0 saturated carbocycles. The second-order valence-corrected chi connectivity index (χ2v) is 4.43. The van der Waals surface area contributed by atoms with Crippen LogP contribution in [-0.4, -0.2) is 36.3 Å². The number of anilines is 1. The van der Waals surface area contributed by atoms with E-state index in [0.717, 1.165) is 37.3 Å². The zero-order chi connectivity index (χ0) is 13.6. The molecule has 0 unspecified atom stereocenters. The molecule has 3 rings (SSSR count). The molecule has 7 heteroatoms. The van der Waals surface area contributed by atoms with Gasteiger partial charge in [0.05, 0.1) is 0 Å². The van der Waals surface area contributed by atoms with Crippen LogP contribution in [0.2, 0.25) is 0 Å². The second kappa shape index (κ2) is 6.05. The number of aromatic nitrogens is 6. The number of aryl methyl sites for hydroxylation is 1. The molecule has 0 bridgehead atoms. The van der Waals surface area contributed by atoms with Crippen LogP contribution in [0.15, 0.2) is 37.2 Å². The van der Waals surface area contributed by atoms with Gasteiger partial charge in [0.15, 0.2) is 5.65 Å². The summed E-state index contributed by atoms with van der Waals surface area (Å²) in [6.07, 6.45) is 8.91. The molecule has 0 spiro atoms. The van der Waals surface area contributed by atoms with E-state index in [4.69, 9.17) is 0 Å². The number of rotatable bonds is 6. The summed E-state index contributed by atoms with van der Waals surface area (Å²) in [5.74, 6) is 0.835. The molecule has 0 amide bonds. The lowest BCUT2D eigenvalue weighted by Gasteiger charge is -2.06. The highest BCUT2D eigenvalue weighted by molar-refractivity contribution is 5.71. The van der Waals surface area contributed by atoms with Crippen LogP contribution in [0.3, 0.4) is 0 Å². The first-order valence-electron chi connectivity index (χ1n) is 6.56. The van der Waals surface area contributed by atoms with Crippen molar-refractivity contribution in [2.45, 2.75) is 19.4 Å². The fraction of sp³-hybridized carbons (Fsp3) is 0.308. The lowest BCUT2D eigenvalue weighted by Crippen LogP contribution is -2.05. The normalized spacial score (nSPS) is 10.8. The first-order valence-corrected chi connectivity index (χ1v) is 6.56. The van der Waals surface area contributed by atoms with E-state index in [1.807, 2.05) is 16.7 Å². The first-order chi connectivity index (χ1) is 9.92. The number of pyridine rings is 1. The molecule has 0 aliphatic carbocycles. The number of unbranched alkanes of at least 4 members (excludes halogenated alkanes) is 1. The van der Waals surface area contributed by atoms with Crippen molar-refractivity contribution in [1.82, 2.24) is 29.7 Å². The molecule has 0 aromatic carbocycles. The number of fused-ring (bicyclic) bond motifs is 1. The molecule has 0 atom stereocenters. The molecule has 102 valence electrons. The summed E-state index contributed by atoms with van der Waals surface area (Å²) in [7, 11) is 0. The molecule has 0 aliphatic heterocycles. The highest BCUT2D eigenvalue weighted by Gasteiger charge is 1.99. The van der Waals surface area contributed by atoms with Crippen LogP contribution in [0.5, 0.6) is 0 Å². The number of hydrogen-bond acceptors (Lipinski definition) is 6. The van der Waals surface area contributed by atoms with E-state index < -0.39 is 0 Å². The maximum absolute atomic E-state index is 4.41. The standard InChI is InChI=1S/C13H15N7/c1(2-8-20-9-17-18-10-20)5-15-12-4-3-11-13(19-12)16-7-6-14-11/h3-4,6-7,9-10H,1-2,5,8H2,(H,15,16,19). The highest BCUT2D eigenvalue weighted by atomic mass is 15.2. The van der Waals surface area contributed by atoms with E-state index >= 15 is 0 Å². The average Bonchev–Trinajstić information content (AvgIpc) is 3.00. The van der Waals surface area contributed by atoms with E-state index in [-0.39, 0.29) is 0 Å². The van der Waals surface area contributed by atoms with Gasteiger partial charge in [-0.25, -0.2) is 9.97 Å². The smallest absolute Gasteiger partial charge is 0.180 e. The summed E-state index contributed by atoms with van der Waals surface area (Å²) in [6.45, 7) is 1.81. The van der Waals surface area contributed by atoms with E-state index in [2.05, 4.69) is 30.5 Å². The Bertz CT molecular complexity index is 665. The van der Waals surface area contributed by atoms with Crippen molar-refractivity contribution in [2.24, 2.45) is 0 Å². The van der Waals surface area contributed by atoms with Crippen LogP contribution in [0.1, 0.15) is 12.8 Å². The molecular weight excluding hydrogens is 254 g/mol. The van der Waals surface area contributed by atoms with Crippen LogP contribution in [-0.2, 0) is 6.54 Å². The average molecular weight is 269 g/mol. The Morgan fingerprint density at radius 3 is 2.75 bits per heavy atom. The predicted octanol–water partition coefficient (Wildman–Crippen LogP) is 1.51. The third-order valence-electron chi connectivity index (χ3n) is 2.95. The number of hydrogen-bond donors (Lipinski definition) is 1. The molecule has 0 aliphatic rings. The summed E-state index contributed by atoms with van der Waals surface area (Å²) < 4.78 is 1.98. The molecular formula is C13H15N7. The SMILES string of the molecule is c1cnc2nc(NCCCCn3cnnc3)ccc2n1. The Kier molecular flexibility index (Phi) is 3.77. The van der Waals surface area contributed by atoms with Crippen molar-refractivity contribution in [3.63, 3.8) is 0 Å². The monoisotopic (exact) mass is 269 g/mol. The maximum Gasteiger partial charge on any atom is 0.180 e. The highest BCUT2D eigenvalue weighted by Crippen LogP contribution is 2.10. The summed E-state index contributed by atoms with van der Waals surface area (Å²) in [6, 6.07) is 3.85. The largest absolute Gasteiger partial charge is 0.370 e. The lowest BCUT2D eigenvalue weighted by molar-refractivity contribution is 0.619. The third kappa shape index (κ3) is 3.05. The zero-order valence-corrected chi connectivity index (χ0v) is 11.0. The van der Waals surface area contributed by atoms with Gasteiger partial charge in [0.2, 0.25) is 0 Å². The maximum atomic E-state index is 4.41. The minimum absolute atomic E-state index is 0.669. The van der Waals surface area contributed by atoms with E-state index in [9.17, 15) is 0 Å². The van der Waals surface area contributed by atoms with Gasteiger partial charge in [-0.3, -0.25) is 4.98 Å². The second-order valence-electron chi connectivity index (χ2n) is 4.43. The van der Waals surface area contributed by atoms with Crippen molar-refractivity contribution < 1.29 is 0 Å². The summed E-state index contributed by atoms with van der Waals surface area (Å²) in [5, 5.41) is 10.8. The van der Waals surface area contributed by atoms with Gasteiger partial charge in [0.25, 0.3) is 0 Å². The van der Waals surface area contributed by atoms with Crippen molar-refractivity contribution in [3.05, 3.63) is 37.2 Å². The molecule has 1 N–H and O–H groups in total. The van der Waals surface area contributed by atoms with Gasteiger partial charge in [-0.2, -0.15) is 0 Å². The lowest BCUT2D eigenvalue weighted by atomic mass is 10.3. The number of nitrogens with one attached hydrogen (secondary N) is 1. The van der Waals surface area contributed by atoms with Crippen LogP contribution >= 0.6 is 0 Å². The summed E-state index contributed by atoms with van der Waals surface area (Å²) in [4.78, 5) is 12.8. The fourth-order valence-electron chi connectivity index (χ4n) is 1.93. The topological polar surface area (TPSA) is 81.4 Å². The Balaban J connectivity index is 1.47. The van der Waals surface area contributed by atoms with Crippen LogP contribution < -0.4 is 5.32 Å². The van der Waals surface area contributed by atoms with Gasteiger partial charge in [-0.1, -0.05) is 0 Å². The molecule has 0 saturated heterocycles. The van der Waals surface area contributed by atoms with Gasteiger partial charge in [0.1, 0.15) is 24.0 Å². The molecule has 20 heavy (non-hydrogen) atoms. The minimum atomic E-state index is 0.669. The van der Waals surface area contributed by atoms with Gasteiger partial charge < -0.3 is 9.88 Å². The van der Waals surface area contributed by atoms with Gasteiger partial charge in [-0.05, 0) is 25.0 Å². The van der Waals surface area contributed by atoms with Crippen LogP contribution in [0.4, 0.5) is 5.82 Å². The van der Waals surface area contributed by atoms with Crippen molar-refractivity contribution >= 4 is 17.0 Å². The van der Waals surface area contributed by atoms with Gasteiger partial charge in [0, 0.05) is 25.5 Å². The van der Waals surface area contributed by atoms with E-state index in [0.29, 0.717) is 5.65 Å². The predicted molar refractivity (Wildman–Crippen MR) is 75.1 cm³/mol. The molecule has 3 aromatic rings. The van der Waals surface area contributed by atoms with Crippen molar-refractivity contribution in [3.8, 4) is 0 Å². The quantitative estimate of drug-likeness (QED) is 0.683.